The zero-order valence-electron chi connectivity index (χ0n) is 9.24. The van der Waals surface area contributed by atoms with Crippen LogP contribution < -0.4 is 10.5 Å². The van der Waals surface area contributed by atoms with Crippen LogP contribution in [0, 0.1) is 10.1 Å². The topological polar surface area (TPSA) is 119 Å². The van der Waals surface area contributed by atoms with Crippen LogP contribution in [0.3, 0.4) is 0 Å². The molecule has 1 aromatic rings. The van der Waals surface area contributed by atoms with Crippen molar-refractivity contribution in [2.75, 3.05) is 13.7 Å². The van der Waals surface area contributed by atoms with Gasteiger partial charge in [0.25, 0.3) is 5.69 Å². The van der Waals surface area contributed by atoms with Gasteiger partial charge in [-0.1, -0.05) is 0 Å². The Morgan fingerprint density at radius 3 is 2.59 bits per heavy atom. The van der Waals surface area contributed by atoms with Gasteiger partial charge in [0, 0.05) is 12.6 Å². The molecule has 0 aliphatic carbocycles. The second-order valence-electron chi connectivity index (χ2n) is 3.47. The Hall–Kier alpha value is -1.70. The fourth-order valence-corrected chi connectivity index (χ4v) is 1.35. The Kier molecular flexibility index (Phi) is 4.38. The van der Waals surface area contributed by atoms with Gasteiger partial charge in [0.05, 0.1) is 24.2 Å². The molecule has 0 amide bonds. The average molecular weight is 242 g/mol. The number of aliphatic hydroxyl groups is 2. The van der Waals surface area contributed by atoms with Gasteiger partial charge in [-0.2, -0.15) is 0 Å². The van der Waals surface area contributed by atoms with Crippen molar-refractivity contribution in [2.24, 2.45) is 5.73 Å². The molecule has 0 heterocycles. The van der Waals surface area contributed by atoms with E-state index in [9.17, 15) is 20.3 Å². The molecule has 0 aliphatic rings. The van der Waals surface area contributed by atoms with Crippen LogP contribution in [0.4, 0.5) is 5.69 Å². The van der Waals surface area contributed by atoms with Crippen LogP contribution in [-0.2, 0) is 0 Å². The molecule has 2 atom stereocenters. The molecule has 7 nitrogen and oxygen atoms in total. The van der Waals surface area contributed by atoms with E-state index in [1.54, 1.807) is 0 Å². The van der Waals surface area contributed by atoms with Crippen molar-refractivity contribution < 1.29 is 19.9 Å². The Labute approximate surface area is 97.6 Å². The highest BCUT2D eigenvalue weighted by Gasteiger charge is 2.20. The Balaban J connectivity index is 3.14. The average Bonchev–Trinajstić information content (AvgIpc) is 2.36. The molecule has 0 bridgehead atoms. The maximum absolute atomic E-state index is 10.7. The number of nitrogens with zero attached hydrogens (tertiary/aromatic N) is 1. The number of methoxy groups -OCH3 is 1. The second-order valence-corrected chi connectivity index (χ2v) is 3.47. The van der Waals surface area contributed by atoms with Crippen LogP contribution in [0.15, 0.2) is 18.2 Å². The van der Waals surface area contributed by atoms with Crippen molar-refractivity contribution in [1.82, 2.24) is 0 Å². The van der Waals surface area contributed by atoms with Crippen molar-refractivity contribution in [3.05, 3.63) is 33.9 Å². The monoisotopic (exact) mass is 242 g/mol. The summed E-state index contributed by atoms with van der Waals surface area (Å²) in [6.07, 6.45) is -2.46. The summed E-state index contributed by atoms with van der Waals surface area (Å²) >= 11 is 0. The fourth-order valence-electron chi connectivity index (χ4n) is 1.35. The summed E-state index contributed by atoms with van der Waals surface area (Å²) < 4.78 is 4.88. The molecule has 1 aromatic carbocycles. The maximum atomic E-state index is 10.7. The number of nitro benzene ring substituents is 1. The Morgan fingerprint density at radius 2 is 2.12 bits per heavy atom. The molecule has 94 valence electrons. The number of nitro groups is 1. The van der Waals surface area contributed by atoms with E-state index in [2.05, 4.69) is 0 Å². The molecule has 0 radical (unpaired) electrons. The van der Waals surface area contributed by atoms with Gasteiger partial charge < -0.3 is 20.7 Å². The molecule has 0 spiro atoms. The molecule has 0 saturated carbocycles. The molecule has 0 aliphatic heterocycles. The van der Waals surface area contributed by atoms with E-state index < -0.39 is 17.1 Å². The summed E-state index contributed by atoms with van der Waals surface area (Å²) in [5, 5.41) is 29.8. The van der Waals surface area contributed by atoms with Crippen molar-refractivity contribution in [1.29, 1.82) is 0 Å². The number of aliphatic hydroxyl groups excluding tert-OH is 2. The molecule has 7 heteroatoms. The van der Waals surface area contributed by atoms with E-state index in [1.165, 1.54) is 25.3 Å². The summed E-state index contributed by atoms with van der Waals surface area (Å²) in [6.45, 7) is -0.147. The summed E-state index contributed by atoms with van der Waals surface area (Å²) in [5.74, 6) is 0.234. The van der Waals surface area contributed by atoms with Gasteiger partial charge in [0.15, 0.2) is 0 Å². The minimum atomic E-state index is -1.28. The normalized spacial score (nSPS) is 14.1. The zero-order valence-corrected chi connectivity index (χ0v) is 9.24. The van der Waals surface area contributed by atoms with E-state index in [1.807, 2.05) is 0 Å². The van der Waals surface area contributed by atoms with Gasteiger partial charge in [-0.15, -0.1) is 0 Å². The minimum absolute atomic E-state index is 0.147. The van der Waals surface area contributed by atoms with Crippen LogP contribution in [0.5, 0.6) is 5.75 Å². The smallest absolute Gasteiger partial charge is 0.273 e. The van der Waals surface area contributed by atoms with Gasteiger partial charge in [-0.05, 0) is 11.6 Å². The molecule has 4 N–H and O–H groups in total. The molecular weight excluding hydrogens is 228 g/mol. The second kappa shape index (κ2) is 5.58. The van der Waals surface area contributed by atoms with Gasteiger partial charge in [0.2, 0.25) is 0 Å². The van der Waals surface area contributed by atoms with Crippen LogP contribution in [-0.4, -0.2) is 34.9 Å². The van der Waals surface area contributed by atoms with Gasteiger partial charge in [-0.25, -0.2) is 0 Å². The third kappa shape index (κ3) is 3.13. The third-order valence-electron chi connectivity index (χ3n) is 2.31. The summed E-state index contributed by atoms with van der Waals surface area (Å²) in [4.78, 5) is 10.1. The zero-order chi connectivity index (χ0) is 13.0. The number of nitrogens with two attached hydrogens (primary N) is 1. The lowest BCUT2D eigenvalue weighted by Crippen LogP contribution is -2.27. The van der Waals surface area contributed by atoms with Crippen molar-refractivity contribution >= 4 is 5.69 Å². The summed E-state index contributed by atoms with van der Waals surface area (Å²) in [6, 6.07) is 3.81. The number of hydrogen-bond donors (Lipinski definition) is 3. The van der Waals surface area contributed by atoms with Crippen LogP contribution >= 0.6 is 0 Å². The Morgan fingerprint density at radius 1 is 1.47 bits per heavy atom. The van der Waals surface area contributed by atoms with Gasteiger partial charge in [-0.3, -0.25) is 10.1 Å². The number of ether oxygens (including phenoxy) is 1. The molecular formula is C10H14N2O5. The number of non-ortho nitro benzene ring substituents is 1. The van der Waals surface area contributed by atoms with E-state index in [0.717, 1.165) is 0 Å². The van der Waals surface area contributed by atoms with Crippen LogP contribution in [0.1, 0.15) is 11.7 Å². The fraction of sp³-hybridized carbons (Fsp3) is 0.400. The molecule has 2 unspecified atom stereocenters. The lowest BCUT2D eigenvalue weighted by Gasteiger charge is -2.16. The molecule has 0 aromatic heterocycles. The molecule has 1 rings (SSSR count). The predicted octanol–water partition coefficient (Wildman–Crippen LogP) is -0.0436. The summed E-state index contributed by atoms with van der Waals surface area (Å²) in [7, 11) is 1.36. The SMILES string of the molecule is COc1cc(C(O)C(O)CN)cc([N+](=O)[O-])c1. The first-order valence-corrected chi connectivity index (χ1v) is 4.89. The van der Waals surface area contributed by atoms with Crippen LogP contribution in [0.2, 0.25) is 0 Å². The summed E-state index contributed by atoms with van der Waals surface area (Å²) in [5.41, 5.74) is 5.17. The molecule has 0 saturated heterocycles. The van der Waals surface area contributed by atoms with E-state index in [4.69, 9.17) is 10.5 Å². The highest BCUT2D eigenvalue weighted by molar-refractivity contribution is 5.43. The highest BCUT2D eigenvalue weighted by atomic mass is 16.6. The largest absolute Gasteiger partial charge is 0.496 e. The van der Waals surface area contributed by atoms with Gasteiger partial charge in [0.1, 0.15) is 11.9 Å². The van der Waals surface area contributed by atoms with Crippen LogP contribution in [0.25, 0.3) is 0 Å². The molecule has 0 fully saturated rings. The number of benzene rings is 1. The van der Waals surface area contributed by atoms with E-state index >= 15 is 0 Å². The van der Waals surface area contributed by atoms with Gasteiger partial charge >= 0.3 is 0 Å². The number of hydrogen-bond acceptors (Lipinski definition) is 6. The maximum Gasteiger partial charge on any atom is 0.273 e. The van der Waals surface area contributed by atoms with E-state index in [-0.39, 0.29) is 23.5 Å². The van der Waals surface area contributed by atoms with E-state index in [0.29, 0.717) is 0 Å². The van der Waals surface area contributed by atoms with Crippen molar-refractivity contribution in [3.8, 4) is 5.75 Å². The Bertz CT molecular complexity index is 410. The third-order valence-corrected chi connectivity index (χ3v) is 2.31. The molecule has 17 heavy (non-hydrogen) atoms. The highest BCUT2D eigenvalue weighted by Crippen LogP contribution is 2.27. The quantitative estimate of drug-likeness (QED) is 0.492. The standard InChI is InChI=1S/C10H14N2O5/c1-17-8-3-6(10(14)9(13)5-11)2-7(4-8)12(15)16/h2-4,9-10,13-14H,5,11H2,1H3. The van der Waals surface area contributed by atoms with Crippen molar-refractivity contribution in [3.63, 3.8) is 0 Å². The van der Waals surface area contributed by atoms with Crippen molar-refractivity contribution in [2.45, 2.75) is 12.2 Å². The lowest BCUT2D eigenvalue weighted by molar-refractivity contribution is -0.385. The first kappa shape index (κ1) is 13.4. The lowest BCUT2D eigenvalue weighted by atomic mass is 10.0. The number of rotatable bonds is 5. The first-order valence-electron chi connectivity index (χ1n) is 4.89. The minimum Gasteiger partial charge on any atom is -0.496 e. The first-order chi connectivity index (χ1) is 7.99. The predicted molar refractivity (Wildman–Crippen MR) is 59.7 cm³/mol.